The van der Waals surface area contributed by atoms with Gasteiger partial charge in [-0.05, 0) is 22.0 Å². The average Bonchev–Trinajstić information content (AvgIpc) is 2.84. The summed E-state index contributed by atoms with van der Waals surface area (Å²) in [7, 11) is 1.92. The summed E-state index contributed by atoms with van der Waals surface area (Å²) in [6.07, 6.45) is 6.17. The van der Waals surface area contributed by atoms with E-state index in [9.17, 15) is 4.79 Å². The number of nitrogens with zero attached hydrogens (tertiary/aromatic N) is 2. The molecule has 0 spiro atoms. The summed E-state index contributed by atoms with van der Waals surface area (Å²) in [5.41, 5.74) is 0.592. The van der Waals surface area contributed by atoms with Crippen LogP contribution in [0, 0.1) is 0 Å². The lowest BCUT2D eigenvalue weighted by Gasteiger charge is -2.00. The van der Waals surface area contributed by atoms with Gasteiger partial charge in [-0.25, -0.2) is 4.98 Å². The van der Waals surface area contributed by atoms with Crippen LogP contribution in [0.3, 0.4) is 0 Å². The van der Waals surface area contributed by atoms with Crippen molar-refractivity contribution in [3.05, 3.63) is 40.8 Å². The molecule has 2 aromatic heterocycles. The Balaban J connectivity index is 1.99. The molecule has 5 heteroatoms. The van der Waals surface area contributed by atoms with Crippen molar-refractivity contribution in [1.82, 2.24) is 9.55 Å². The minimum Gasteiger partial charge on any atom is -0.457 e. The highest BCUT2D eigenvalue weighted by atomic mass is 79.9. The number of halogens is 1. The SMILES string of the molecule is Cn1ccnc1CCC(=O)c1ccoc1Br. The molecule has 0 aliphatic rings. The van der Waals surface area contributed by atoms with Crippen LogP contribution in [-0.4, -0.2) is 15.3 Å². The summed E-state index contributed by atoms with van der Waals surface area (Å²) < 4.78 is 7.43. The fourth-order valence-corrected chi connectivity index (χ4v) is 1.95. The average molecular weight is 283 g/mol. The van der Waals surface area contributed by atoms with E-state index in [-0.39, 0.29) is 5.78 Å². The van der Waals surface area contributed by atoms with Crippen molar-refractivity contribution in [2.45, 2.75) is 12.8 Å². The van der Waals surface area contributed by atoms with Crippen molar-refractivity contribution < 1.29 is 9.21 Å². The number of Topliss-reactive ketones (excluding diaryl/α,β-unsaturated/α-hetero) is 1. The number of hydrogen-bond acceptors (Lipinski definition) is 3. The van der Waals surface area contributed by atoms with Gasteiger partial charge in [0.05, 0.1) is 11.8 Å². The Labute approximate surface area is 101 Å². The van der Waals surface area contributed by atoms with Gasteiger partial charge in [-0.3, -0.25) is 4.79 Å². The highest BCUT2D eigenvalue weighted by Gasteiger charge is 2.13. The Morgan fingerprint density at radius 1 is 1.62 bits per heavy atom. The lowest BCUT2D eigenvalue weighted by Crippen LogP contribution is -2.04. The molecule has 84 valence electrons. The van der Waals surface area contributed by atoms with Crippen molar-refractivity contribution in [2.75, 3.05) is 0 Å². The molecular formula is C11H11BrN2O2. The zero-order valence-electron chi connectivity index (χ0n) is 8.81. The predicted octanol–water partition coefficient (Wildman–Crippen LogP) is 2.59. The molecule has 2 heterocycles. The summed E-state index contributed by atoms with van der Waals surface area (Å²) >= 11 is 3.19. The number of imidazole rings is 1. The number of carbonyl (C=O) groups is 1. The van der Waals surface area contributed by atoms with E-state index >= 15 is 0 Å². The molecule has 0 radical (unpaired) electrons. The molecule has 0 atom stereocenters. The third-order valence-corrected chi connectivity index (χ3v) is 3.03. The standard InChI is InChI=1S/C11H11BrN2O2/c1-14-6-5-13-10(14)3-2-9(15)8-4-7-16-11(8)12/h4-7H,2-3H2,1H3. The zero-order chi connectivity index (χ0) is 11.5. The lowest BCUT2D eigenvalue weighted by atomic mass is 10.1. The maximum Gasteiger partial charge on any atom is 0.179 e. The summed E-state index contributed by atoms with van der Waals surface area (Å²) in [5.74, 6) is 0.969. The van der Waals surface area contributed by atoms with Gasteiger partial charge in [0.25, 0.3) is 0 Å². The first-order chi connectivity index (χ1) is 7.68. The summed E-state index contributed by atoms with van der Waals surface area (Å²) in [6, 6.07) is 1.67. The van der Waals surface area contributed by atoms with Crippen LogP contribution in [-0.2, 0) is 13.5 Å². The molecule has 0 saturated carbocycles. The minimum absolute atomic E-state index is 0.0589. The van der Waals surface area contributed by atoms with E-state index < -0.39 is 0 Å². The van der Waals surface area contributed by atoms with Gasteiger partial charge in [-0.2, -0.15) is 0 Å². The normalized spacial score (nSPS) is 10.6. The van der Waals surface area contributed by atoms with Gasteiger partial charge in [0.15, 0.2) is 10.5 Å². The second kappa shape index (κ2) is 4.65. The molecule has 4 nitrogen and oxygen atoms in total. The Kier molecular flexibility index (Phi) is 3.24. The van der Waals surface area contributed by atoms with E-state index in [1.807, 2.05) is 17.8 Å². The summed E-state index contributed by atoms with van der Waals surface area (Å²) in [4.78, 5) is 16.0. The van der Waals surface area contributed by atoms with Gasteiger partial charge in [0.2, 0.25) is 0 Å². The molecule has 0 aromatic carbocycles. The smallest absolute Gasteiger partial charge is 0.179 e. The molecule has 2 rings (SSSR count). The van der Waals surface area contributed by atoms with Crippen molar-refractivity contribution in [3.8, 4) is 0 Å². The fraction of sp³-hybridized carbons (Fsp3) is 0.273. The van der Waals surface area contributed by atoms with Crippen LogP contribution < -0.4 is 0 Å². The maximum absolute atomic E-state index is 11.8. The largest absolute Gasteiger partial charge is 0.457 e. The molecule has 0 unspecified atom stereocenters. The first-order valence-electron chi connectivity index (χ1n) is 4.91. The number of ketones is 1. The van der Waals surface area contributed by atoms with Gasteiger partial charge in [0.1, 0.15) is 5.82 Å². The van der Waals surface area contributed by atoms with E-state index in [4.69, 9.17) is 4.42 Å². The van der Waals surface area contributed by atoms with Crippen molar-refractivity contribution in [2.24, 2.45) is 7.05 Å². The highest BCUT2D eigenvalue weighted by molar-refractivity contribution is 9.10. The predicted molar refractivity (Wildman–Crippen MR) is 62.3 cm³/mol. The van der Waals surface area contributed by atoms with Crippen LogP contribution in [0.25, 0.3) is 0 Å². The minimum atomic E-state index is 0.0589. The van der Waals surface area contributed by atoms with Crippen molar-refractivity contribution in [3.63, 3.8) is 0 Å². The third kappa shape index (κ3) is 2.24. The quantitative estimate of drug-likeness (QED) is 0.810. The summed E-state index contributed by atoms with van der Waals surface area (Å²) in [5, 5.41) is 0. The van der Waals surface area contributed by atoms with Crippen LogP contribution in [0.5, 0.6) is 0 Å². The van der Waals surface area contributed by atoms with Crippen LogP contribution in [0.15, 0.2) is 33.8 Å². The van der Waals surface area contributed by atoms with Gasteiger partial charge < -0.3 is 8.98 Å². The monoisotopic (exact) mass is 282 g/mol. The molecule has 0 saturated heterocycles. The molecule has 2 aromatic rings. The molecule has 0 bridgehead atoms. The van der Waals surface area contributed by atoms with Crippen molar-refractivity contribution >= 4 is 21.7 Å². The number of aromatic nitrogens is 2. The number of rotatable bonds is 4. The van der Waals surface area contributed by atoms with Gasteiger partial charge >= 0.3 is 0 Å². The van der Waals surface area contributed by atoms with E-state index in [1.165, 1.54) is 6.26 Å². The molecule has 0 aliphatic carbocycles. The van der Waals surface area contributed by atoms with E-state index in [1.54, 1.807) is 12.3 Å². The first kappa shape index (κ1) is 11.1. The van der Waals surface area contributed by atoms with Gasteiger partial charge in [-0.15, -0.1) is 0 Å². The fourth-order valence-electron chi connectivity index (χ4n) is 1.49. The van der Waals surface area contributed by atoms with E-state index in [0.29, 0.717) is 23.1 Å². The molecule has 0 fully saturated rings. The Morgan fingerprint density at radius 3 is 3.00 bits per heavy atom. The molecule has 0 aliphatic heterocycles. The molecular weight excluding hydrogens is 272 g/mol. The third-order valence-electron chi connectivity index (χ3n) is 2.42. The van der Waals surface area contributed by atoms with Crippen LogP contribution in [0.4, 0.5) is 0 Å². The van der Waals surface area contributed by atoms with Gasteiger partial charge in [0, 0.05) is 32.3 Å². The van der Waals surface area contributed by atoms with Gasteiger partial charge in [-0.1, -0.05) is 0 Å². The number of carbonyl (C=O) groups excluding carboxylic acids is 1. The second-order valence-corrected chi connectivity index (χ2v) is 4.21. The van der Waals surface area contributed by atoms with Crippen LogP contribution in [0.1, 0.15) is 22.6 Å². The molecule has 0 amide bonds. The van der Waals surface area contributed by atoms with Crippen LogP contribution in [0.2, 0.25) is 0 Å². The molecule has 0 N–H and O–H groups in total. The first-order valence-corrected chi connectivity index (χ1v) is 5.70. The maximum atomic E-state index is 11.8. The summed E-state index contributed by atoms with van der Waals surface area (Å²) in [6.45, 7) is 0. The number of aryl methyl sites for hydroxylation is 2. The highest BCUT2D eigenvalue weighted by Crippen LogP contribution is 2.19. The van der Waals surface area contributed by atoms with E-state index in [2.05, 4.69) is 20.9 Å². The van der Waals surface area contributed by atoms with E-state index in [0.717, 1.165) is 5.82 Å². The Morgan fingerprint density at radius 2 is 2.44 bits per heavy atom. The van der Waals surface area contributed by atoms with Crippen LogP contribution >= 0.6 is 15.9 Å². The Hall–Kier alpha value is -1.36. The topological polar surface area (TPSA) is 48.0 Å². The van der Waals surface area contributed by atoms with Crippen molar-refractivity contribution in [1.29, 1.82) is 0 Å². The number of furan rings is 1. The second-order valence-electron chi connectivity index (χ2n) is 3.49. The molecule has 16 heavy (non-hydrogen) atoms. The zero-order valence-corrected chi connectivity index (χ0v) is 10.4. The Bertz CT molecular complexity index is 502. The number of hydrogen-bond donors (Lipinski definition) is 0. The lowest BCUT2D eigenvalue weighted by molar-refractivity contribution is 0.0980.